The van der Waals surface area contributed by atoms with Gasteiger partial charge in [0.25, 0.3) is 0 Å². The summed E-state index contributed by atoms with van der Waals surface area (Å²) in [7, 11) is -1.81. The molecule has 0 spiro atoms. The van der Waals surface area contributed by atoms with Crippen molar-refractivity contribution in [3.05, 3.63) is 91.0 Å². The van der Waals surface area contributed by atoms with E-state index in [1.54, 1.807) is 0 Å². The minimum absolute atomic E-state index is 0. The first kappa shape index (κ1) is 20.8. The van der Waals surface area contributed by atoms with E-state index in [-0.39, 0.29) is 17.0 Å². The van der Waals surface area contributed by atoms with Gasteiger partial charge < -0.3 is 22.1 Å². The fraction of sp³-hybridized carbons (Fsp3) is 0.217. The van der Waals surface area contributed by atoms with Crippen LogP contribution in [-0.2, 0) is 0 Å². The Morgan fingerprint density at radius 3 is 1.23 bits per heavy atom. The van der Waals surface area contributed by atoms with Crippen LogP contribution in [0, 0.1) is 0 Å². The lowest BCUT2D eigenvalue weighted by Crippen LogP contribution is -3.00. The average molecular weight is 429 g/mol. The van der Waals surface area contributed by atoms with E-state index in [1.165, 1.54) is 15.9 Å². The van der Waals surface area contributed by atoms with Crippen LogP contribution in [0.1, 0.15) is 20.3 Å². The maximum atomic E-state index is 10.4. The molecule has 0 heterocycles. The van der Waals surface area contributed by atoms with E-state index < -0.39 is 12.9 Å². The summed E-state index contributed by atoms with van der Waals surface area (Å²) in [5.41, 5.74) is -0.677. The fourth-order valence-electron chi connectivity index (χ4n) is 3.32. The number of aliphatic hydroxyl groups is 1. The Hall–Kier alpha value is -1.47. The Morgan fingerprint density at radius 1 is 0.654 bits per heavy atom. The molecule has 136 valence electrons. The second-order valence-electron chi connectivity index (χ2n) is 7.10. The topological polar surface area (TPSA) is 20.2 Å². The lowest BCUT2D eigenvalue weighted by atomic mass is 10.1. The molecule has 3 heteroatoms. The summed E-state index contributed by atoms with van der Waals surface area (Å²) in [6.07, 6.45) is 1.72. The van der Waals surface area contributed by atoms with Crippen LogP contribution < -0.4 is 32.9 Å². The van der Waals surface area contributed by atoms with Gasteiger partial charge in [-0.25, -0.2) is 0 Å². The molecular weight excluding hydrogens is 403 g/mol. The molecule has 0 bridgehead atoms. The van der Waals surface area contributed by atoms with E-state index in [2.05, 4.69) is 91.0 Å². The normalized spacial score (nSPS) is 11.7. The minimum Gasteiger partial charge on any atom is -1.00 e. The highest BCUT2D eigenvalue weighted by atomic mass is 79.9. The van der Waals surface area contributed by atoms with Gasteiger partial charge in [-0.15, -0.1) is 0 Å². The van der Waals surface area contributed by atoms with Gasteiger partial charge in [0.05, 0.1) is 11.8 Å². The number of rotatable bonds is 6. The van der Waals surface area contributed by atoms with Crippen molar-refractivity contribution in [2.24, 2.45) is 0 Å². The fourth-order valence-corrected chi connectivity index (χ4v) is 7.92. The predicted octanol–water partition coefficient (Wildman–Crippen LogP) is 1.15. The van der Waals surface area contributed by atoms with Crippen molar-refractivity contribution in [3.63, 3.8) is 0 Å². The van der Waals surface area contributed by atoms with Crippen LogP contribution >= 0.6 is 7.26 Å². The molecule has 3 aromatic rings. The lowest BCUT2D eigenvalue weighted by molar-refractivity contribution is -0.0000130. The zero-order chi connectivity index (χ0) is 17.8. The number of benzene rings is 3. The molecule has 0 aliphatic carbocycles. The molecule has 0 unspecified atom stereocenters. The highest BCUT2D eigenvalue weighted by Crippen LogP contribution is 2.56. The number of halogens is 1. The van der Waals surface area contributed by atoms with Gasteiger partial charge in [0.2, 0.25) is 0 Å². The van der Waals surface area contributed by atoms with Crippen molar-refractivity contribution in [2.75, 3.05) is 6.16 Å². The standard InChI is InChI=1S/C23H26OP.BrH/c1-23(2,24)18-19-25(20-12-6-3-7-13-20,21-14-8-4-9-15-21)22-16-10-5-11-17-22;/h3-17,24H,18-19H2,1-2H3;1H/q+1;/p-1. The Balaban J connectivity index is 0.00000243. The van der Waals surface area contributed by atoms with Crippen LogP contribution in [0.25, 0.3) is 0 Å². The second kappa shape index (κ2) is 8.95. The first-order valence-corrected chi connectivity index (χ1v) is 10.8. The van der Waals surface area contributed by atoms with Gasteiger partial charge in [-0.05, 0) is 50.2 Å². The zero-order valence-corrected chi connectivity index (χ0v) is 17.8. The summed E-state index contributed by atoms with van der Waals surface area (Å²) in [6, 6.07) is 32.5. The molecule has 1 nitrogen and oxygen atoms in total. The van der Waals surface area contributed by atoms with Crippen molar-refractivity contribution < 1.29 is 22.1 Å². The highest BCUT2D eigenvalue weighted by molar-refractivity contribution is 7.95. The molecule has 0 radical (unpaired) electrons. The van der Waals surface area contributed by atoms with E-state index >= 15 is 0 Å². The zero-order valence-electron chi connectivity index (χ0n) is 15.3. The Morgan fingerprint density at radius 2 is 0.962 bits per heavy atom. The summed E-state index contributed by atoms with van der Waals surface area (Å²) >= 11 is 0. The van der Waals surface area contributed by atoms with E-state index in [0.717, 1.165) is 12.6 Å². The summed E-state index contributed by atoms with van der Waals surface area (Å²) in [4.78, 5) is 0. The van der Waals surface area contributed by atoms with Gasteiger partial charge >= 0.3 is 0 Å². The Kier molecular flexibility index (Phi) is 7.17. The van der Waals surface area contributed by atoms with E-state index in [1.807, 2.05) is 13.8 Å². The second-order valence-corrected chi connectivity index (χ2v) is 10.7. The first-order chi connectivity index (χ1) is 12.0. The monoisotopic (exact) mass is 428 g/mol. The Labute approximate surface area is 168 Å². The van der Waals surface area contributed by atoms with Gasteiger partial charge in [-0.3, -0.25) is 0 Å². The molecule has 0 aliphatic heterocycles. The van der Waals surface area contributed by atoms with Gasteiger partial charge in [0, 0.05) is 6.42 Å². The average Bonchev–Trinajstić information content (AvgIpc) is 2.64. The summed E-state index contributed by atoms with van der Waals surface area (Å²) in [5, 5.41) is 14.6. The summed E-state index contributed by atoms with van der Waals surface area (Å²) < 4.78 is 0. The van der Waals surface area contributed by atoms with Crippen LogP contribution in [0.5, 0.6) is 0 Å². The molecule has 26 heavy (non-hydrogen) atoms. The highest BCUT2D eigenvalue weighted by Gasteiger charge is 2.45. The van der Waals surface area contributed by atoms with E-state index in [9.17, 15) is 5.11 Å². The first-order valence-electron chi connectivity index (χ1n) is 8.80. The van der Waals surface area contributed by atoms with Crippen molar-refractivity contribution in [1.82, 2.24) is 0 Å². The summed E-state index contributed by atoms with van der Waals surface area (Å²) in [5.74, 6) is 0. The molecule has 0 amide bonds. The van der Waals surface area contributed by atoms with Gasteiger partial charge in [-0.2, -0.15) is 0 Å². The van der Waals surface area contributed by atoms with Gasteiger partial charge in [0.1, 0.15) is 23.2 Å². The van der Waals surface area contributed by atoms with Crippen molar-refractivity contribution in [3.8, 4) is 0 Å². The van der Waals surface area contributed by atoms with Crippen molar-refractivity contribution in [2.45, 2.75) is 25.9 Å². The molecule has 0 saturated carbocycles. The Bertz CT molecular complexity index is 686. The van der Waals surface area contributed by atoms with Gasteiger partial charge in [-0.1, -0.05) is 54.6 Å². The molecule has 0 fully saturated rings. The van der Waals surface area contributed by atoms with Crippen LogP contribution in [0.15, 0.2) is 91.0 Å². The van der Waals surface area contributed by atoms with E-state index in [4.69, 9.17) is 0 Å². The van der Waals surface area contributed by atoms with Gasteiger partial charge in [0.15, 0.2) is 0 Å². The SMILES string of the molecule is CC(C)(O)CC[P+](c1ccccc1)(c1ccccc1)c1ccccc1.[Br-]. The predicted molar refractivity (Wildman–Crippen MR) is 111 cm³/mol. The molecular formula is C23H26BrOP. The molecule has 0 aromatic heterocycles. The summed E-state index contributed by atoms with van der Waals surface area (Å²) in [6.45, 7) is 3.81. The van der Waals surface area contributed by atoms with Crippen LogP contribution in [0.2, 0.25) is 0 Å². The third-order valence-electron chi connectivity index (χ3n) is 4.65. The molecule has 3 rings (SSSR count). The maximum Gasteiger partial charge on any atom is 0.112 e. The largest absolute Gasteiger partial charge is 1.00 e. The van der Waals surface area contributed by atoms with E-state index in [0.29, 0.717) is 0 Å². The number of hydrogen-bond donors (Lipinski definition) is 1. The smallest absolute Gasteiger partial charge is 0.112 e. The molecule has 0 aliphatic rings. The number of hydrogen-bond acceptors (Lipinski definition) is 1. The van der Waals surface area contributed by atoms with Crippen LogP contribution in [0.4, 0.5) is 0 Å². The lowest BCUT2D eigenvalue weighted by Gasteiger charge is -2.30. The minimum atomic E-state index is -1.81. The molecule has 0 atom stereocenters. The molecule has 1 N–H and O–H groups in total. The van der Waals surface area contributed by atoms with Crippen molar-refractivity contribution in [1.29, 1.82) is 0 Å². The quantitative estimate of drug-likeness (QED) is 0.583. The van der Waals surface area contributed by atoms with Crippen LogP contribution in [-0.4, -0.2) is 16.9 Å². The third-order valence-corrected chi connectivity index (χ3v) is 9.08. The maximum absolute atomic E-state index is 10.4. The molecule has 3 aromatic carbocycles. The molecule has 0 saturated heterocycles. The third kappa shape index (κ3) is 4.62. The van der Waals surface area contributed by atoms with Crippen LogP contribution in [0.3, 0.4) is 0 Å². The van der Waals surface area contributed by atoms with Crippen molar-refractivity contribution >= 4 is 23.2 Å².